The quantitative estimate of drug-likeness (QED) is 0.830. The van der Waals surface area contributed by atoms with E-state index in [0.717, 1.165) is 11.8 Å². The molecule has 4 nitrogen and oxygen atoms in total. The summed E-state index contributed by atoms with van der Waals surface area (Å²) in [7, 11) is 0. The molecule has 0 amide bonds. The Morgan fingerprint density at radius 3 is 2.88 bits per heavy atom. The maximum absolute atomic E-state index is 6.06. The Morgan fingerprint density at radius 1 is 1.31 bits per heavy atom. The number of nitrogens with zero attached hydrogens (tertiary/aromatic N) is 2. The van der Waals surface area contributed by atoms with Gasteiger partial charge in [-0.2, -0.15) is 0 Å². The van der Waals surface area contributed by atoms with E-state index in [-0.39, 0.29) is 0 Å². The van der Waals surface area contributed by atoms with Gasteiger partial charge in [-0.1, -0.05) is 18.0 Å². The maximum Gasteiger partial charge on any atom is 0.150 e. The molecule has 2 bridgehead atoms. The van der Waals surface area contributed by atoms with Gasteiger partial charge >= 0.3 is 0 Å². The van der Waals surface area contributed by atoms with Gasteiger partial charge in [0.05, 0.1) is 0 Å². The standard InChI is InChI=1S/C11H15ClN4/c12-9-10(13)14-5-15-11(9)16-8-4-6-1-2-7(8)3-6/h5-8H,1-4H2,(H3,13,14,15,16). The van der Waals surface area contributed by atoms with Gasteiger partial charge in [-0.15, -0.1) is 0 Å². The molecular formula is C11H15ClN4. The molecule has 1 aromatic heterocycles. The van der Waals surface area contributed by atoms with Crippen molar-refractivity contribution in [2.75, 3.05) is 11.1 Å². The lowest BCUT2D eigenvalue weighted by Crippen LogP contribution is -2.26. The highest BCUT2D eigenvalue weighted by Crippen LogP contribution is 2.45. The predicted octanol–water partition coefficient (Wildman–Crippen LogP) is 2.31. The van der Waals surface area contributed by atoms with Crippen molar-refractivity contribution >= 4 is 23.2 Å². The van der Waals surface area contributed by atoms with Gasteiger partial charge in [-0.25, -0.2) is 9.97 Å². The maximum atomic E-state index is 6.06. The molecule has 0 aromatic carbocycles. The van der Waals surface area contributed by atoms with Gasteiger partial charge in [0.1, 0.15) is 17.2 Å². The Labute approximate surface area is 99.6 Å². The number of hydrogen-bond donors (Lipinski definition) is 2. The van der Waals surface area contributed by atoms with Crippen LogP contribution in [0.2, 0.25) is 5.02 Å². The highest BCUT2D eigenvalue weighted by atomic mass is 35.5. The third-order valence-electron chi connectivity index (χ3n) is 3.88. The molecule has 86 valence electrons. The van der Waals surface area contributed by atoms with E-state index < -0.39 is 0 Å². The molecule has 0 radical (unpaired) electrons. The minimum Gasteiger partial charge on any atom is -0.382 e. The Hall–Kier alpha value is -1.03. The minimum atomic E-state index is 0.349. The SMILES string of the molecule is Nc1ncnc(NC2CC3CCC2C3)c1Cl. The van der Waals surface area contributed by atoms with Crippen LogP contribution in [0, 0.1) is 11.8 Å². The van der Waals surface area contributed by atoms with E-state index in [9.17, 15) is 0 Å². The topological polar surface area (TPSA) is 63.8 Å². The van der Waals surface area contributed by atoms with Gasteiger partial charge in [0.2, 0.25) is 0 Å². The fourth-order valence-corrected chi connectivity index (χ4v) is 3.23. The van der Waals surface area contributed by atoms with Gasteiger partial charge in [0.25, 0.3) is 0 Å². The molecule has 0 saturated heterocycles. The van der Waals surface area contributed by atoms with E-state index in [4.69, 9.17) is 17.3 Å². The first-order valence-electron chi connectivity index (χ1n) is 5.76. The summed E-state index contributed by atoms with van der Waals surface area (Å²) in [5.74, 6) is 2.73. The van der Waals surface area contributed by atoms with Gasteiger partial charge in [-0.3, -0.25) is 0 Å². The summed E-state index contributed by atoms with van der Waals surface area (Å²) in [6.45, 7) is 0. The van der Waals surface area contributed by atoms with Crippen molar-refractivity contribution in [3.05, 3.63) is 11.3 Å². The summed E-state index contributed by atoms with van der Waals surface area (Å²) in [6.07, 6.45) is 6.78. The fourth-order valence-electron chi connectivity index (χ4n) is 3.08. The molecule has 3 unspecified atom stereocenters. The van der Waals surface area contributed by atoms with Crippen molar-refractivity contribution in [3.63, 3.8) is 0 Å². The zero-order valence-electron chi connectivity index (χ0n) is 8.99. The van der Waals surface area contributed by atoms with E-state index in [2.05, 4.69) is 15.3 Å². The van der Waals surface area contributed by atoms with E-state index in [1.807, 2.05) is 0 Å². The Bertz CT molecular complexity index is 409. The lowest BCUT2D eigenvalue weighted by atomic mass is 9.95. The van der Waals surface area contributed by atoms with Crippen molar-refractivity contribution in [3.8, 4) is 0 Å². The van der Waals surface area contributed by atoms with Crippen LogP contribution >= 0.6 is 11.6 Å². The second-order valence-electron chi connectivity index (χ2n) is 4.85. The summed E-state index contributed by atoms with van der Waals surface area (Å²) in [4.78, 5) is 8.01. The highest BCUT2D eigenvalue weighted by molar-refractivity contribution is 6.35. The van der Waals surface area contributed by atoms with Crippen molar-refractivity contribution < 1.29 is 0 Å². The minimum absolute atomic E-state index is 0.349. The average molecular weight is 239 g/mol. The second kappa shape index (κ2) is 3.77. The molecule has 0 aliphatic heterocycles. The highest BCUT2D eigenvalue weighted by Gasteiger charge is 2.39. The third-order valence-corrected chi connectivity index (χ3v) is 4.25. The zero-order valence-corrected chi connectivity index (χ0v) is 9.74. The van der Waals surface area contributed by atoms with E-state index in [0.29, 0.717) is 22.7 Å². The molecule has 16 heavy (non-hydrogen) atoms. The number of nitrogens with one attached hydrogen (secondary N) is 1. The largest absolute Gasteiger partial charge is 0.382 e. The fraction of sp³-hybridized carbons (Fsp3) is 0.636. The first-order valence-corrected chi connectivity index (χ1v) is 6.14. The van der Waals surface area contributed by atoms with Crippen LogP contribution < -0.4 is 11.1 Å². The zero-order chi connectivity index (χ0) is 11.1. The van der Waals surface area contributed by atoms with E-state index in [1.54, 1.807) is 0 Å². The summed E-state index contributed by atoms with van der Waals surface area (Å²) in [5, 5.41) is 3.87. The molecule has 2 aliphatic carbocycles. The van der Waals surface area contributed by atoms with Crippen LogP contribution in [-0.4, -0.2) is 16.0 Å². The monoisotopic (exact) mass is 238 g/mol. The van der Waals surface area contributed by atoms with Crippen molar-refractivity contribution in [2.45, 2.75) is 31.7 Å². The number of nitrogen functional groups attached to an aromatic ring is 1. The van der Waals surface area contributed by atoms with E-state index in [1.165, 1.54) is 32.0 Å². The summed E-state index contributed by atoms with van der Waals surface area (Å²) in [6, 6.07) is 0.519. The lowest BCUT2D eigenvalue weighted by molar-refractivity contribution is 0.439. The second-order valence-corrected chi connectivity index (χ2v) is 5.23. The Morgan fingerprint density at radius 2 is 2.19 bits per heavy atom. The van der Waals surface area contributed by atoms with Crippen molar-refractivity contribution in [1.29, 1.82) is 0 Å². The molecule has 2 aliphatic rings. The van der Waals surface area contributed by atoms with Gasteiger partial charge in [-0.05, 0) is 31.1 Å². The molecule has 3 rings (SSSR count). The van der Waals surface area contributed by atoms with Gasteiger partial charge in [0.15, 0.2) is 5.82 Å². The number of fused-ring (bicyclic) bond motifs is 2. The number of rotatable bonds is 2. The predicted molar refractivity (Wildman–Crippen MR) is 64.3 cm³/mol. The molecule has 3 N–H and O–H groups in total. The molecule has 1 aromatic rings. The van der Waals surface area contributed by atoms with Crippen LogP contribution in [0.25, 0.3) is 0 Å². The van der Waals surface area contributed by atoms with Crippen LogP contribution in [0.4, 0.5) is 11.6 Å². The number of aromatic nitrogens is 2. The molecule has 5 heteroatoms. The first-order chi connectivity index (χ1) is 7.74. The summed E-state index contributed by atoms with van der Waals surface area (Å²) >= 11 is 6.06. The third kappa shape index (κ3) is 1.61. The first kappa shape index (κ1) is 10.1. The summed E-state index contributed by atoms with van der Waals surface area (Å²) < 4.78 is 0. The van der Waals surface area contributed by atoms with Crippen molar-refractivity contribution in [2.24, 2.45) is 11.8 Å². The van der Waals surface area contributed by atoms with Crippen LogP contribution in [0.3, 0.4) is 0 Å². The lowest BCUT2D eigenvalue weighted by Gasteiger charge is -2.23. The normalized spacial score (nSPS) is 31.9. The number of nitrogens with two attached hydrogens (primary N) is 1. The van der Waals surface area contributed by atoms with Crippen LogP contribution in [-0.2, 0) is 0 Å². The molecule has 0 spiro atoms. The number of hydrogen-bond acceptors (Lipinski definition) is 4. The van der Waals surface area contributed by atoms with E-state index >= 15 is 0 Å². The molecule has 1 heterocycles. The molecule has 2 fully saturated rings. The van der Waals surface area contributed by atoms with Crippen molar-refractivity contribution in [1.82, 2.24) is 9.97 Å². The Kier molecular flexibility index (Phi) is 2.39. The van der Waals surface area contributed by atoms with Crippen LogP contribution in [0.15, 0.2) is 6.33 Å². The molecular weight excluding hydrogens is 224 g/mol. The molecule has 3 atom stereocenters. The van der Waals surface area contributed by atoms with Crippen LogP contribution in [0.1, 0.15) is 25.7 Å². The Balaban J connectivity index is 1.77. The van der Waals surface area contributed by atoms with Crippen LogP contribution in [0.5, 0.6) is 0 Å². The number of halogens is 1. The number of anilines is 2. The van der Waals surface area contributed by atoms with Gasteiger partial charge in [0, 0.05) is 6.04 Å². The van der Waals surface area contributed by atoms with Gasteiger partial charge < -0.3 is 11.1 Å². The average Bonchev–Trinajstić information content (AvgIpc) is 2.86. The summed E-state index contributed by atoms with van der Waals surface area (Å²) in [5.41, 5.74) is 5.65. The smallest absolute Gasteiger partial charge is 0.150 e. The molecule has 2 saturated carbocycles.